The predicted molar refractivity (Wildman–Crippen MR) is 119 cm³/mol. The zero-order chi connectivity index (χ0) is 21.3. The van der Waals surface area contributed by atoms with E-state index in [1.807, 2.05) is 0 Å². The molecule has 29 heavy (non-hydrogen) atoms. The van der Waals surface area contributed by atoms with Gasteiger partial charge in [-0.1, -0.05) is 65.2 Å². The van der Waals surface area contributed by atoms with Gasteiger partial charge in [0.2, 0.25) is 0 Å². The van der Waals surface area contributed by atoms with Crippen molar-refractivity contribution in [3.05, 3.63) is 0 Å². The topological polar surface area (TPSA) is 81.1 Å². The standard InChI is InChI=1S/C22H44N2O4S/c1-3-5-7-9-11-19(25)15-23-13-14-24(16-20(26)12-10-8-6-4-2)22-18-29(27,28)17-21(22)23/h19-22,25-26H,3-18H2,1-2H3. The number of unbranched alkanes of at least 4 members (excludes halogenated alkanes) is 6. The van der Waals surface area contributed by atoms with Gasteiger partial charge in [-0.05, 0) is 12.8 Å². The molecule has 0 radical (unpaired) electrons. The lowest BCUT2D eigenvalue weighted by Gasteiger charge is -2.45. The number of β-amino-alcohol motifs (C(OH)–C–C–N with tert-alkyl or cyclic N) is 2. The van der Waals surface area contributed by atoms with E-state index >= 15 is 0 Å². The van der Waals surface area contributed by atoms with Gasteiger partial charge in [0.25, 0.3) is 0 Å². The van der Waals surface area contributed by atoms with E-state index in [-0.39, 0.29) is 35.8 Å². The number of nitrogens with zero attached hydrogens (tertiary/aromatic N) is 2. The van der Waals surface area contributed by atoms with Crippen LogP contribution in [0.25, 0.3) is 0 Å². The summed E-state index contributed by atoms with van der Waals surface area (Å²) in [6.07, 6.45) is 9.96. The van der Waals surface area contributed by atoms with E-state index in [0.717, 1.165) is 51.6 Å². The largest absolute Gasteiger partial charge is 0.392 e. The summed E-state index contributed by atoms with van der Waals surface area (Å²) in [6.45, 7) is 7.03. The van der Waals surface area contributed by atoms with E-state index in [2.05, 4.69) is 23.6 Å². The Balaban J connectivity index is 1.86. The molecule has 172 valence electrons. The molecule has 0 aliphatic carbocycles. The monoisotopic (exact) mass is 432 g/mol. The van der Waals surface area contributed by atoms with Gasteiger partial charge < -0.3 is 10.2 Å². The first-order chi connectivity index (χ1) is 13.9. The molecule has 0 saturated carbocycles. The number of aliphatic hydroxyl groups is 2. The summed E-state index contributed by atoms with van der Waals surface area (Å²) >= 11 is 0. The zero-order valence-corrected chi connectivity index (χ0v) is 19.5. The number of sulfone groups is 1. The minimum Gasteiger partial charge on any atom is -0.392 e. The second-order valence-electron chi connectivity index (χ2n) is 9.21. The third kappa shape index (κ3) is 8.44. The molecular weight excluding hydrogens is 388 g/mol. The fourth-order valence-electron chi connectivity index (χ4n) is 4.89. The van der Waals surface area contributed by atoms with Crippen LogP contribution in [0, 0.1) is 0 Å². The van der Waals surface area contributed by atoms with Crippen LogP contribution in [0.1, 0.15) is 78.1 Å². The smallest absolute Gasteiger partial charge is 0.153 e. The molecule has 2 heterocycles. The Kier molecular flexibility index (Phi) is 10.9. The Bertz CT molecular complexity index is 515. The van der Waals surface area contributed by atoms with E-state index in [1.54, 1.807) is 0 Å². The zero-order valence-electron chi connectivity index (χ0n) is 18.6. The first-order valence-electron chi connectivity index (χ1n) is 11.9. The third-order valence-corrected chi connectivity index (χ3v) is 8.28. The minimum absolute atomic E-state index is 0.0497. The molecule has 4 atom stereocenters. The maximum absolute atomic E-state index is 12.4. The van der Waals surface area contributed by atoms with Gasteiger partial charge in [-0.25, -0.2) is 8.42 Å². The number of hydrogen-bond donors (Lipinski definition) is 2. The molecular formula is C22H44N2O4S. The van der Waals surface area contributed by atoms with E-state index in [4.69, 9.17) is 0 Å². The Morgan fingerprint density at radius 3 is 1.55 bits per heavy atom. The Morgan fingerprint density at radius 1 is 0.759 bits per heavy atom. The van der Waals surface area contributed by atoms with Crippen molar-refractivity contribution in [3.8, 4) is 0 Å². The molecule has 2 rings (SSSR count). The van der Waals surface area contributed by atoms with Gasteiger partial charge in [0.15, 0.2) is 9.84 Å². The van der Waals surface area contributed by atoms with Crippen LogP contribution in [0.3, 0.4) is 0 Å². The van der Waals surface area contributed by atoms with Crippen molar-refractivity contribution in [2.75, 3.05) is 37.7 Å². The highest BCUT2D eigenvalue weighted by atomic mass is 32.2. The Hall–Kier alpha value is -0.210. The third-order valence-electron chi connectivity index (χ3n) is 6.58. The normalized spacial score (nSPS) is 27.0. The van der Waals surface area contributed by atoms with Crippen LogP contribution in [0.5, 0.6) is 0 Å². The molecule has 0 aromatic rings. The molecule has 2 fully saturated rings. The number of hydrogen-bond acceptors (Lipinski definition) is 6. The van der Waals surface area contributed by atoms with Gasteiger partial charge >= 0.3 is 0 Å². The van der Waals surface area contributed by atoms with E-state index in [9.17, 15) is 18.6 Å². The van der Waals surface area contributed by atoms with Gasteiger partial charge in [0.1, 0.15) is 0 Å². The predicted octanol–water partition coefficient (Wildman–Crippen LogP) is 2.43. The van der Waals surface area contributed by atoms with Crippen LogP contribution in [-0.4, -0.2) is 90.4 Å². The van der Waals surface area contributed by atoms with Crippen LogP contribution < -0.4 is 0 Å². The lowest BCUT2D eigenvalue weighted by molar-refractivity contribution is -0.00773. The highest BCUT2D eigenvalue weighted by Gasteiger charge is 2.46. The minimum atomic E-state index is -3.06. The molecule has 2 saturated heterocycles. The van der Waals surface area contributed by atoms with Crippen molar-refractivity contribution in [2.45, 2.75) is 102 Å². The SMILES string of the molecule is CCCCCCC(O)CN1CCN(CC(O)CCCCCC)C2CS(=O)(=O)CC21. The number of aliphatic hydroxyl groups excluding tert-OH is 2. The Labute approximate surface area is 178 Å². The van der Waals surface area contributed by atoms with Crippen LogP contribution in [0.15, 0.2) is 0 Å². The highest BCUT2D eigenvalue weighted by Crippen LogP contribution is 2.28. The summed E-state index contributed by atoms with van der Waals surface area (Å²) in [5.41, 5.74) is 0. The van der Waals surface area contributed by atoms with Gasteiger partial charge in [-0.3, -0.25) is 9.80 Å². The first kappa shape index (κ1) is 25.1. The number of fused-ring (bicyclic) bond motifs is 1. The molecule has 0 spiro atoms. The van der Waals surface area contributed by atoms with E-state index < -0.39 is 9.84 Å². The van der Waals surface area contributed by atoms with Crippen molar-refractivity contribution in [1.82, 2.24) is 9.80 Å². The maximum Gasteiger partial charge on any atom is 0.153 e. The van der Waals surface area contributed by atoms with Gasteiger partial charge in [0, 0.05) is 38.3 Å². The van der Waals surface area contributed by atoms with E-state index in [1.165, 1.54) is 25.7 Å². The van der Waals surface area contributed by atoms with Gasteiger partial charge in [-0.15, -0.1) is 0 Å². The van der Waals surface area contributed by atoms with Crippen LogP contribution in [0.2, 0.25) is 0 Å². The van der Waals surface area contributed by atoms with Gasteiger partial charge in [-0.2, -0.15) is 0 Å². The van der Waals surface area contributed by atoms with Crippen LogP contribution >= 0.6 is 0 Å². The summed E-state index contributed by atoms with van der Waals surface area (Å²) in [5.74, 6) is 0.368. The summed E-state index contributed by atoms with van der Waals surface area (Å²) in [5, 5.41) is 20.9. The maximum atomic E-state index is 12.4. The summed E-state index contributed by atoms with van der Waals surface area (Å²) < 4.78 is 24.7. The molecule has 0 bridgehead atoms. The molecule has 2 aliphatic rings. The lowest BCUT2D eigenvalue weighted by Crippen LogP contribution is -2.61. The average molecular weight is 433 g/mol. The molecule has 6 nitrogen and oxygen atoms in total. The Morgan fingerprint density at radius 2 is 1.17 bits per heavy atom. The van der Waals surface area contributed by atoms with Crippen LogP contribution in [-0.2, 0) is 9.84 Å². The van der Waals surface area contributed by atoms with Crippen molar-refractivity contribution in [3.63, 3.8) is 0 Å². The summed E-state index contributed by atoms with van der Waals surface area (Å²) in [6, 6.07) is -0.0994. The molecule has 0 aromatic carbocycles. The molecule has 2 N–H and O–H groups in total. The summed E-state index contributed by atoms with van der Waals surface area (Å²) in [4.78, 5) is 4.40. The fraction of sp³-hybridized carbons (Fsp3) is 1.00. The van der Waals surface area contributed by atoms with Crippen molar-refractivity contribution >= 4 is 9.84 Å². The fourth-order valence-corrected chi connectivity index (χ4v) is 6.93. The quantitative estimate of drug-likeness (QED) is 0.410. The molecule has 0 amide bonds. The molecule has 4 unspecified atom stereocenters. The number of rotatable bonds is 14. The second-order valence-corrected chi connectivity index (χ2v) is 11.4. The number of piperazine rings is 1. The van der Waals surface area contributed by atoms with Crippen molar-refractivity contribution in [1.29, 1.82) is 0 Å². The summed E-state index contributed by atoms with van der Waals surface area (Å²) in [7, 11) is -3.06. The average Bonchev–Trinajstić information content (AvgIpc) is 3.00. The molecule has 2 aliphatic heterocycles. The van der Waals surface area contributed by atoms with Crippen molar-refractivity contribution < 1.29 is 18.6 Å². The van der Waals surface area contributed by atoms with Gasteiger partial charge in [0.05, 0.1) is 23.7 Å². The first-order valence-corrected chi connectivity index (χ1v) is 13.7. The van der Waals surface area contributed by atoms with Crippen LogP contribution in [0.4, 0.5) is 0 Å². The van der Waals surface area contributed by atoms with E-state index in [0.29, 0.717) is 13.1 Å². The second kappa shape index (κ2) is 12.6. The highest BCUT2D eigenvalue weighted by molar-refractivity contribution is 7.91. The molecule has 7 heteroatoms. The van der Waals surface area contributed by atoms with Crippen molar-refractivity contribution in [2.24, 2.45) is 0 Å². The lowest BCUT2D eigenvalue weighted by atomic mass is 10.0. The molecule has 0 aromatic heterocycles.